The lowest BCUT2D eigenvalue weighted by molar-refractivity contribution is 0.0477. The van der Waals surface area contributed by atoms with Gasteiger partial charge in [-0.1, -0.05) is 0 Å². The Kier molecular flexibility index (Phi) is 4.99. The average Bonchev–Trinajstić information content (AvgIpc) is 2.51. The van der Waals surface area contributed by atoms with Crippen molar-refractivity contribution >= 4 is 0 Å². The third-order valence-electron chi connectivity index (χ3n) is 3.63. The number of nitrogens with zero attached hydrogens (tertiary/aromatic N) is 1. The van der Waals surface area contributed by atoms with E-state index in [9.17, 15) is 0 Å². The van der Waals surface area contributed by atoms with Gasteiger partial charge in [-0.15, -0.1) is 0 Å². The summed E-state index contributed by atoms with van der Waals surface area (Å²) < 4.78 is 5.39. The van der Waals surface area contributed by atoms with Crippen LogP contribution in [0, 0.1) is 0 Å². The minimum absolute atomic E-state index is 0.176. The number of nitrogens with one attached hydrogen (secondary N) is 1. The van der Waals surface area contributed by atoms with Crippen LogP contribution in [0.3, 0.4) is 0 Å². The summed E-state index contributed by atoms with van der Waals surface area (Å²) in [6.07, 6.45) is 2.60. The summed E-state index contributed by atoms with van der Waals surface area (Å²) in [5.74, 6) is 0. The van der Waals surface area contributed by atoms with Gasteiger partial charge >= 0.3 is 0 Å². The fraction of sp³-hybridized carbons (Fsp3) is 1.00. The summed E-state index contributed by atoms with van der Waals surface area (Å²) >= 11 is 0. The van der Waals surface area contributed by atoms with Crippen LogP contribution >= 0.6 is 0 Å². The zero-order chi connectivity index (χ0) is 13.1. The predicted octanol–water partition coefficient (Wildman–Crippen LogP) is 2.26. The molecule has 0 spiro atoms. The van der Waals surface area contributed by atoms with Crippen LogP contribution in [0.25, 0.3) is 0 Å². The van der Waals surface area contributed by atoms with Crippen LogP contribution in [-0.4, -0.2) is 48.8 Å². The smallest absolute Gasteiger partial charge is 0.0630 e. The van der Waals surface area contributed by atoms with Crippen molar-refractivity contribution in [1.29, 1.82) is 0 Å². The Morgan fingerprint density at radius 3 is 2.41 bits per heavy atom. The summed E-state index contributed by atoms with van der Waals surface area (Å²) in [5.41, 5.74) is 0.499. The highest BCUT2D eigenvalue weighted by atomic mass is 16.5. The van der Waals surface area contributed by atoms with Gasteiger partial charge in [-0.05, 0) is 54.0 Å². The second-order valence-corrected chi connectivity index (χ2v) is 6.85. The lowest BCUT2D eigenvalue weighted by Gasteiger charge is -2.39. The molecule has 0 aromatic heterocycles. The van der Waals surface area contributed by atoms with Crippen molar-refractivity contribution < 1.29 is 4.74 Å². The molecular formula is C14H30N2O. The lowest BCUT2D eigenvalue weighted by Crippen LogP contribution is -2.54. The Balaban J connectivity index is 2.59. The Labute approximate surface area is 107 Å². The van der Waals surface area contributed by atoms with Crippen LogP contribution in [0.1, 0.15) is 47.5 Å². The summed E-state index contributed by atoms with van der Waals surface area (Å²) in [4.78, 5) is 2.61. The third kappa shape index (κ3) is 4.57. The highest BCUT2D eigenvalue weighted by Crippen LogP contribution is 2.30. The first kappa shape index (κ1) is 14.9. The highest BCUT2D eigenvalue weighted by Gasteiger charge is 2.36. The molecule has 0 aromatic rings. The van der Waals surface area contributed by atoms with E-state index in [0.717, 1.165) is 13.2 Å². The number of methoxy groups -OCH3 is 1. The number of rotatable bonds is 5. The summed E-state index contributed by atoms with van der Waals surface area (Å²) in [6, 6.07) is 0.483. The van der Waals surface area contributed by atoms with E-state index in [4.69, 9.17) is 4.74 Å². The molecule has 0 aromatic carbocycles. The molecule has 17 heavy (non-hydrogen) atoms. The third-order valence-corrected chi connectivity index (χ3v) is 3.63. The number of ether oxygens (including phenoxy) is 1. The van der Waals surface area contributed by atoms with Crippen LogP contribution in [-0.2, 0) is 4.74 Å². The first-order valence-electron chi connectivity index (χ1n) is 6.77. The van der Waals surface area contributed by atoms with E-state index in [2.05, 4.69) is 44.8 Å². The molecule has 1 unspecified atom stereocenters. The highest BCUT2D eigenvalue weighted by molar-refractivity contribution is 4.93. The summed E-state index contributed by atoms with van der Waals surface area (Å²) in [5, 5.41) is 3.60. The van der Waals surface area contributed by atoms with Crippen LogP contribution in [0.2, 0.25) is 0 Å². The topological polar surface area (TPSA) is 24.5 Å². The molecule has 102 valence electrons. The molecule has 0 saturated carbocycles. The van der Waals surface area contributed by atoms with Gasteiger partial charge in [0.2, 0.25) is 0 Å². The van der Waals surface area contributed by atoms with Crippen molar-refractivity contribution in [2.45, 2.75) is 64.6 Å². The molecule has 0 bridgehead atoms. The van der Waals surface area contributed by atoms with Crippen molar-refractivity contribution in [3.63, 3.8) is 0 Å². The molecule has 1 fully saturated rings. The molecule has 1 saturated heterocycles. The van der Waals surface area contributed by atoms with Crippen molar-refractivity contribution in [3.05, 3.63) is 0 Å². The molecule has 1 atom stereocenters. The SMILES string of the molecule is COCC(CNC(C)(C)C)N1CCCC1(C)C. The Hall–Kier alpha value is -0.120. The fourth-order valence-electron chi connectivity index (χ4n) is 2.68. The first-order chi connectivity index (χ1) is 7.76. The first-order valence-corrected chi connectivity index (χ1v) is 6.77. The van der Waals surface area contributed by atoms with Gasteiger partial charge in [0.1, 0.15) is 0 Å². The molecule has 0 amide bonds. The molecule has 3 heteroatoms. The molecular weight excluding hydrogens is 212 g/mol. The van der Waals surface area contributed by atoms with E-state index in [1.807, 2.05) is 0 Å². The van der Waals surface area contributed by atoms with Gasteiger partial charge in [0, 0.05) is 30.8 Å². The van der Waals surface area contributed by atoms with Crippen molar-refractivity contribution in [1.82, 2.24) is 10.2 Å². The quantitative estimate of drug-likeness (QED) is 0.800. The molecule has 0 aliphatic carbocycles. The second-order valence-electron chi connectivity index (χ2n) is 6.85. The average molecular weight is 242 g/mol. The predicted molar refractivity (Wildman–Crippen MR) is 73.4 cm³/mol. The summed E-state index contributed by atoms with van der Waals surface area (Å²) in [6.45, 7) is 14.4. The van der Waals surface area contributed by atoms with E-state index >= 15 is 0 Å². The normalized spacial score (nSPS) is 22.9. The van der Waals surface area contributed by atoms with Crippen molar-refractivity contribution in [3.8, 4) is 0 Å². The van der Waals surface area contributed by atoms with Crippen LogP contribution in [0.5, 0.6) is 0 Å². The minimum Gasteiger partial charge on any atom is -0.383 e. The van der Waals surface area contributed by atoms with Crippen molar-refractivity contribution in [2.24, 2.45) is 0 Å². The van der Waals surface area contributed by atoms with Gasteiger partial charge < -0.3 is 10.1 Å². The van der Waals surface area contributed by atoms with Gasteiger partial charge in [0.05, 0.1) is 6.61 Å². The van der Waals surface area contributed by atoms with Crippen LogP contribution in [0.15, 0.2) is 0 Å². The maximum atomic E-state index is 5.39. The van der Waals surface area contributed by atoms with E-state index < -0.39 is 0 Å². The minimum atomic E-state index is 0.176. The molecule has 1 aliphatic rings. The van der Waals surface area contributed by atoms with E-state index in [-0.39, 0.29) is 5.54 Å². The maximum absolute atomic E-state index is 5.39. The standard InChI is InChI=1S/C14H30N2O/c1-13(2,3)15-10-12(11-17-6)16-9-7-8-14(16,4)5/h12,15H,7-11H2,1-6H3. The monoisotopic (exact) mass is 242 g/mol. The number of likely N-dealkylation sites (tertiary alicyclic amines) is 1. The number of hydrogen-bond acceptors (Lipinski definition) is 3. The molecule has 3 nitrogen and oxygen atoms in total. The molecule has 1 N–H and O–H groups in total. The molecule has 1 rings (SSSR count). The van der Waals surface area contributed by atoms with E-state index in [1.165, 1.54) is 19.4 Å². The van der Waals surface area contributed by atoms with Crippen LogP contribution in [0.4, 0.5) is 0 Å². The van der Waals surface area contributed by atoms with Gasteiger partial charge in [-0.25, -0.2) is 0 Å². The maximum Gasteiger partial charge on any atom is 0.0630 e. The largest absolute Gasteiger partial charge is 0.383 e. The Morgan fingerprint density at radius 2 is 2.00 bits per heavy atom. The Morgan fingerprint density at radius 1 is 1.35 bits per heavy atom. The molecule has 0 radical (unpaired) electrons. The number of hydrogen-bond donors (Lipinski definition) is 1. The van der Waals surface area contributed by atoms with E-state index in [1.54, 1.807) is 7.11 Å². The zero-order valence-electron chi connectivity index (χ0n) is 12.5. The zero-order valence-corrected chi connectivity index (χ0v) is 12.5. The second kappa shape index (κ2) is 5.68. The lowest BCUT2D eigenvalue weighted by atomic mass is 10.00. The van der Waals surface area contributed by atoms with Gasteiger partial charge in [-0.2, -0.15) is 0 Å². The summed E-state index contributed by atoms with van der Waals surface area (Å²) in [7, 11) is 1.80. The van der Waals surface area contributed by atoms with Gasteiger partial charge in [-0.3, -0.25) is 4.90 Å². The van der Waals surface area contributed by atoms with E-state index in [0.29, 0.717) is 11.6 Å². The molecule has 1 heterocycles. The van der Waals surface area contributed by atoms with Gasteiger partial charge in [0.15, 0.2) is 0 Å². The van der Waals surface area contributed by atoms with Gasteiger partial charge in [0.25, 0.3) is 0 Å². The van der Waals surface area contributed by atoms with Crippen LogP contribution < -0.4 is 5.32 Å². The fourth-order valence-corrected chi connectivity index (χ4v) is 2.68. The Bertz CT molecular complexity index is 233. The van der Waals surface area contributed by atoms with Crippen molar-refractivity contribution in [2.75, 3.05) is 26.8 Å². The molecule has 1 aliphatic heterocycles.